The number of nitrogens with one attached hydrogen (secondary N) is 2. The zero-order valence-electron chi connectivity index (χ0n) is 15.4. The molecule has 7 nitrogen and oxygen atoms in total. The second-order valence-electron chi connectivity index (χ2n) is 6.92. The Labute approximate surface area is 163 Å². The van der Waals surface area contributed by atoms with Crippen molar-refractivity contribution >= 4 is 17.7 Å². The Morgan fingerprint density at radius 2 is 1.82 bits per heavy atom. The standard InChI is InChI=1S/C21H22N2O5/c24-20(14-9-10-18-19(11-14)27-13-26-18)22-16-7-4-8-17(12-16)28-21(25)23-15-5-2-1-3-6-15/h1-3,5-6,9-11,16-17H,4,7-8,12-13H2,(H,22,24)(H,23,25)/t16-,17+/m1/s1. The summed E-state index contributed by atoms with van der Waals surface area (Å²) in [5.41, 5.74) is 1.21. The molecule has 2 aromatic carbocycles. The highest BCUT2D eigenvalue weighted by Crippen LogP contribution is 2.32. The Morgan fingerprint density at radius 3 is 2.68 bits per heavy atom. The first-order valence-corrected chi connectivity index (χ1v) is 9.40. The predicted molar refractivity (Wildman–Crippen MR) is 103 cm³/mol. The molecule has 146 valence electrons. The van der Waals surface area contributed by atoms with E-state index in [1.807, 2.05) is 18.2 Å². The molecule has 0 unspecified atom stereocenters. The van der Waals surface area contributed by atoms with Gasteiger partial charge in [-0.05, 0) is 49.6 Å². The summed E-state index contributed by atoms with van der Waals surface area (Å²) >= 11 is 0. The van der Waals surface area contributed by atoms with Crippen LogP contribution in [0.1, 0.15) is 36.0 Å². The molecule has 1 aliphatic carbocycles. The van der Waals surface area contributed by atoms with E-state index in [1.165, 1.54) is 0 Å². The van der Waals surface area contributed by atoms with E-state index < -0.39 is 6.09 Å². The monoisotopic (exact) mass is 382 g/mol. The number of carbonyl (C=O) groups is 2. The third-order valence-corrected chi connectivity index (χ3v) is 4.89. The first kappa shape index (κ1) is 18.2. The molecule has 2 aromatic rings. The summed E-state index contributed by atoms with van der Waals surface area (Å²) in [4.78, 5) is 24.6. The van der Waals surface area contributed by atoms with E-state index in [0.717, 1.165) is 19.3 Å². The van der Waals surface area contributed by atoms with Crippen LogP contribution >= 0.6 is 0 Å². The third-order valence-electron chi connectivity index (χ3n) is 4.89. The lowest BCUT2D eigenvalue weighted by molar-refractivity contribution is 0.0712. The minimum absolute atomic E-state index is 0.0406. The average molecular weight is 382 g/mol. The molecule has 0 aromatic heterocycles. The number of anilines is 1. The number of hydrogen-bond acceptors (Lipinski definition) is 5. The number of benzene rings is 2. The second-order valence-corrected chi connectivity index (χ2v) is 6.92. The number of carbonyl (C=O) groups excluding carboxylic acids is 2. The van der Waals surface area contributed by atoms with Crippen LogP contribution in [0.2, 0.25) is 0 Å². The fourth-order valence-electron chi connectivity index (χ4n) is 3.51. The van der Waals surface area contributed by atoms with Gasteiger partial charge in [-0.3, -0.25) is 10.1 Å². The Balaban J connectivity index is 1.30. The van der Waals surface area contributed by atoms with Gasteiger partial charge in [-0.25, -0.2) is 4.79 Å². The molecule has 0 radical (unpaired) electrons. The van der Waals surface area contributed by atoms with Crippen LogP contribution in [0.4, 0.5) is 10.5 Å². The maximum absolute atomic E-state index is 12.6. The predicted octanol–water partition coefficient (Wildman–Crippen LogP) is 3.71. The maximum Gasteiger partial charge on any atom is 0.411 e. The van der Waals surface area contributed by atoms with Crippen molar-refractivity contribution in [3.8, 4) is 11.5 Å². The fourth-order valence-corrected chi connectivity index (χ4v) is 3.51. The zero-order chi connectivity index (χ0) is 19.3. The quantitative estimate of drug-likeness (QED) is 0.842. The second kappa shape index (κ2) is 8.21. The van der Waals surface area contributed by atoms with Gasteiger partial charge in [0.05, 0.1) is 0 Å². The molecular weight excluding hydrogens is 360 g/mol. The van der Waals surface area contributed by atoms with E-state index in [-0.39, 0.29) is 24.8 Å². The van der Waals surface area contributed by atoms with E-state index in [1.54, 1.807) is 30.3 Å². The topological polar surface area (TPSA) is 85.9 Å². The molecule has 2 amide bonds. The van der Waals surface area contributed by atoms with Crippen molar-refractivity contribution in [1.82, 2.24) is 5.32 Å². The zero-order valence-corrected chi connectivity index (χ0v) is 15.4. The average Bonchev–Trinajstić information content (AvgIpc) is 3.16. The van der Waals surface area contributed by atoms with Gasteiger partial charge in [0, 0.05) is 23.7 Å². The normalized spacial score (nSPS) is 20.3. The number of hydrogen-bond donors (Lipinski definition) is 2. The van der Waals surface area contributed by atoms with Gasteiger partial charge in [-0.15, -0.1) is 0 Å². The van der Waals surface area contributed by atoms with Crippen LogP contribution in [0, 0.1) is 0 Å². The number of rotatable bonds is 4. The molecule has 0 bridgehead atoms. The van der Waals surface area contributed by atoms with Crippen molar-refractivity contribution < 1.29 is 23.8 Å². The van der Waals surface area contributed by atoms with Gasteiger partial charge in [0.2, 0.25) is 6.79 Å². The Morgan fingerprint density at radius 1 is 1.00 bits per heavy atom. The van der Waals surface area contributed by atoms with E-state index in [2.05, 4.69) is 10.6 Å². The number of fused-ring (bicyclic) bond motifs is 1. The highest BCUT2D eigenvalue weighted by molar-refractivity contribution is 5.95. The fraction of sp³-hybridized carbons (Fsp3) is 0.333. The first-order valence-electron chi connectivity index (χ1n) is 9.40. The molecule has 2 aliphatic rings. The summed E-state index contributed by atoms with van der Waals surface area (Å²) in [7, 11) is 0. The van der Waals surface area contributed by atoms with Crippen molar-refractivity contribution in [2.45, 2.75) is 37.8 Å². The first-order chi connectivity index (χ1) is 13.7. The van der Waals surface area contributed by atoms with Crippen LogP contribution in [0.5, 0.6) is 11.5 Å². The summed E-state index contributed by atoms with van der Waals surface area (Å²) in [6.45, 7) is 0.174. The van der Waals surface area contributed by atoms with Gasteiger partial charge < -0.3 is 19.5 Å². The number of para-hydroxylation sites is 1. The minimum Gasteiger partial charge on any atom is -0.454 e. The molecule has 1 heterocycles. The van der Waals surface area contributed by atoms with Crippen molar-refractivity contribution in [2.24, 2.45) is 0 Å². The Kier molecular flexibility index (Phi) is 5.32. The molecule has 1 saturated carbocycles. The van der Waals surface area contributed by atoms with Gasteiger partial charge in [0.1, 0.15) is 6.10 Å². The largest absolute Gasteiger partial charge is 0.454 e. The van der Waals surface area contributed by atoms with Crippen molar-refractivity contribution in [2.75, 3.05) is 12.1 Å². The van der Waals surface area contributed by atoms with Crippen molar-refractivity contribution in [3.05, 3.63) is 54.1 Å². The summed E-state index contributed by atoms with van der Waals surface area (Å²) < 4.78 is 16.1. The maximum atomic E-state index is 12.6. The van der Waals surface area contributed by atoms with E-state index >= 15 is 0 Å². The molecule has 0 saturated heterocycles. The smallest absolute Gasteiger partial charge is 0.411 e. The number of amides is 2. The van der Waals surface area contributed by atoms with Crippen LogP contribution in [0.15, 0.2) is 48.5 Å². The lowest BCUT2D eigenvalue weighted by Gasteiger charge is -2.29. The van der Waals surface area contributed by atoms with E-state index in [9.17, 15) is 9.59 Å². The summed E-state index contributed by atoms with van der Waals surface area (Å²) in [5, 5.41) is 5.75. The molecule has 4 rings (SSSR count). The molecule has 1 fully saturated rings. The lowest BCUT2D eigenvalue weighted by Crippen LogP contribution is -2.41. The molecule has 0 spiro atoms. The highest BCUT2D eigenvalue weighted by atomic mass is 16.7. The summed E-state index contributed by atoms with van der Waals surface area (Å²) in [6.07, 6.45) is 2.43. The minimum atomic E-state index is -0.473. The van der Waals surface area contributed by atoms with Crippen LogP contribution in [-0.4, -0.2) is 30.9 Å². The molecule has 28 heavy (non-hydrogen) atoms. The number of ether oxygens (including phenoxy) is 3. The van der Waals surface area contributed by atoms with Crippen LogP contribution < -0.4 is 20.1 Å². The summed E-state index contributed by atoms with van der Waals surface area (Å²) in [5.74, 6) is 1.06. The molecular formula is C21H22N2O5. The third kappa shape index (κ3) is 4.36. The summed E-state index contributed by atoms with van der Waals surface area (Å²) in [6, 6.07) is 14.3. The van der Waals surface area contributed by atoms with Gasteiger partial charge in [-0.1, -0.05) is 18.2 Å². The van der Waals surface area contributed by atoms with Gasteiger partial charge in [0.15, 0.2) is 11.5 Å². The van der Waals surface area contributed by atoms with Crippen LogP contribution in [0.25, 0.3) is 0 Å². The SMILES string of the molecule is O=C(Nc1ccccc1)O[C@H]1CCC[C@@H](NC(=O)c2ccc3c(c2)OCO3)C1. The molecule has 2 N–H and O–H groups in total. The van der Waals surface area contributed by atoms with E-state index in [0.29, 0.717) is 29.2 Å². The molecule has 7 heteroatoms. The van der Waals surface area contributed by atoms with Gasteiger partial charge in [0.25, 0.3) is 5.91 Å². The van der Waals surface area contributed by atoms with Crippen LogP contribution in [0.3, 0.4) is 0 Å². The van der Waals surface area contributed by atoms with E-state index in [4.69, 9.17) is 14.2 Å². The van der Waals surface area contributed by atoms with Crippen molar-refractivity contribution in [3.63, 3.8) is 0 Å². The highest BCUT2D eigenvalue weighted by Gasteiger charge is 2.27. The molecule has 1 aliphatic heterocycles. The van der Waals surface area contributed by atoms with Crippen LogP contribution in [-0.2, 0) is 4.74 Å². The van der Waals surface area contributed by atoms with Crippen molar-refractivity contribution in [1.29, 1.82) is 0 Å². The Hall–Kier alpha value is -3.22. The van der Waals surface area contributed by atoms with Gasteiger partial charge >= 0.3 is 6.09 Å². The van der Waals surface area contributed by atoms with Gasteiger partial charge in [-0.2, -0.15) is 0 Å². The molecule has 2 atom stereocenters. The Bertz CT molecular complexity index is 855. The lowest BCUT2D eigenvalue weighted by atomic mass is 9.92.